The average molecular weight is 558 g/mol. The number of halogens is 1. The summed E-state index contributed by atoms with van der Waals surface area (Å²) < 4.78 is 5.49. The molecule has 2 unspecified atom stereocenters. The second kappa shape index (κ2) is 20.4. The maximum atomic E-state index is 12.2. The van der Waals surface area contributed by atoms with Crippen molar-refractivity contribution in [1.29, 1.82) is 0 Å². The average Bonchev–Trinajstić information content (AvgIpc) is 2.86. The van der Waals surface area contributed by atoms with Crippen LogP contribution in [0.4, 0.5) is 4.79 Å². The lowest BCUT2D eigenvalue weighted by atomic mass is 9.83. The van der Waals surface area contributed by atoms with Crippen LogP contribution in [0.1, 0.15) is 137 Å². The van der Waals surface area contributed by atoms with Crippen LogP contribution in [0.25, 0.3) is 0 Å². The van der Waals surface area contributed by atoms with Gasteiger partial charge in [-0.2, -0.15) is 0 Å². The molecule has 2 N–H and O–H groups in total. The van der Waals surface area contributed by atoms with Crippen molar-refractivity contribution in [3.8, 4) is 0 Å². The molecule has 0 aromatic carbocycles. The Labute approximate surface area is 242 Å². The lowest BCUT2D eigenvalue weighted by molar-refractivity contribution is 0.0443. The molecule has 0 bridgehead atoms. The molecule has 0 radical (unpaired) electrons. The summed E-state index contributed by atoms with van der Waals surface area (Å²) in [6.45, 7) is 16.5. The molecule has 3 rings (SSSR count). The van der Waals surface area contributed by atoms with Gasteiger partial charge in [0.25, 0.3) is 0 Å². The number of alkyl carbamates (subject to hydrolysis) is 1. The van der Waals surface area contributed by atoms with Crippen LogP contribution in [0.3, 0.4) is 0 Å². The smallest absolute Gasteiger partial charge is 0.407 e. The van der Waals surface area contributed by atoms with E-state index in [2.05, 4.69) is 29.4 Å². The molecule has 0 spiro atoms. The number of unbranched alkanes of at least 4 members (excludes halogenated alkanes) is 4. The van der Waals surface area contributed by atoms with Crippen LogP contribution in [0.5, 0.6) is 0 Å². The summed E-state index contributed by atoms with van der Waals surface area (Å²) in [7, 11) is 0. The zero-order valence-electron chi connectivity index (χ0n) is 25.8. The quantitative estimate of drug-likeness (QED) is 0.250. The van der Waals surface area contributed by atoms with Crippen molar-refractivity contribution in [2.75, 3.05) is 32.7 Å². The van der Waals surface area contributed by atoms with Gasteiger partial charge >= 0.3 is 6.09 Å². The van der Waals surface area contributed by atoms with Crippen LogP contribution in [0.2, 0.25) is 0 Å². The van der Waals surface area contributed by atoms with Gasteiger partial charge in [-0.05, 0) is 110 Å². The fourth-order valence-electron chi connectivity index (χ4n) is 6.50. The molecule has 4 atom stereocenters. The van der Waals surface area contributed by atoms with Gasteiger partial charge in [-0.1, -0.05) is 65.2 Å². The Morgan fingerprint density at radius 1 is 0.895 bits per heavy atom. The van der Waals surface area contributed by atoms with Crippen molar-refractivity contribution in [2.45, 2.75) is 149 Å². The molecule has 3 aliphatic rings. The number of carbonyl (C=O) groups excluding carboxylic acids is 1. The normalized spacial score (nSPS) is 26.4. The molecule has 1 aliphatic carbocycles. The molecule has 6 heteroatoms. The standard InChI is InChI=1S/C22H42N2O2.C10H21N.ClH/c1-5-6-7-11-18-12-10-15-24(16-18)17-19-13-8-9-14-20(19)23-21(25)26-22(2,3)4;1-2-3-4-6-10-7-5-8-11-9-10;/h18-20H,5-17H2,1-4H3,(H,23,25);10-11H,2-9H2,1H3;1H/t18-,19?,20?;10-;/m11./s1. The van der Waals surface area contributed by atoms with E-state index in [-0.39, 0.29) is 24.5 Å². The Morgan fingerprint density at radius 2 is 1.55 bits per heavy atom. The third-order valence-electron chi connectivity index (χ3n) is 8.54. The number of hydrogen-bond acceptors (Lipinski definition) is 4. The molecule has 5 nitrogen and oxygen atoms in total. The Morgan fingerprint density at radius 3 is 2.18 bits per heavy atom. The largest absolute Gasteiger partial charge is 0.444 e. The van der Waals surface area contributed by atoms with Crippen molar-refractivity contribution >= 4 is 18.5 Å². The van der Waals surface area contributed by atoms with Gasteiger partial charge in [0.2, 0.25) is 0 Å². The molecular weight excluding hydrogens is 494 g/mol. The second-order valence-corrected chi connectivity index (χ2v) is 13.3. The number of amides is 1. The molecule has 2 heterocycles. The van der Waals surface area contributed by atoms with Crippen molar-refractivity contribution in [1.82, 2.24) is 15.5 Å². The van der Waals surface area contributed by atoms with Crippen LogP contribution >= 0.6 is 12.4 Å². The first-order valence-electron chi connectivity index (χ1n) is 16.2. The lowest BCUT2D eigenvalue weighted by Crippen LogP contribution is -2.49. The van der Waals surface area contributed by atoms with E-state index < -0.39 is 5.60 Å². The molecule has 38 heavy (non-hydrogen) atoms. The first kappa shape index (κ1) is 35.5. The summed E-state index contributed by atoms with van der Waals surface area (Å²) in [5.41, 5.74) is -0.424. The van der Waals surface area contributed by atoms with Gasteiger partial charge < -0.3 is 20.3 Å². The molecule has 2 aliphatic heterocycles. The molecule has 1 amide bonds. The van der Waals surface area contributed by atoms with Crippen LogP contribution < -0.4 is 10.6 Å². The lowest BCUT2D eigenvalue weighted by Gasteiger charge is -2.39. The Hall–Kier alpha value is -0.520. The Bertz CT molecular complexity index is 592. The molecule has 2 saturated heterocycles. The molecule has 0 aromatic rings. The van der Waals surface area contributed by atoms with Gasteiger partial charge in [-0.15, -0.1) is 12.4 Å². The van der Waals surface area contributed by atoms with Crippen molar-refractivity contribution in [3.05, 3.63) is 0 Å². The zero-order valence-corrected chi connectivity index (χ0v) is 26.6. The van der Waals surface area contributed by atoms with E-state index in [1.807, 2.05) is 20.8 Å². The first-order chi connectivity index (χ1) is 17.8. The predicted molar refractivity (Wildman–Crippen MR) is 165 cm³/mol. The summed E-state index contributed by atoms with van der Waals surface area (Å²) in [5, 5.41) is 6.64. The van der Waals surface area contributed by atoms with E-state index in [1.54, 1.807) is 0 Å². The fourth-order valence-corrected chi connectivity index (χ4v) is 6.50. The number of rotatable bonds is 11. The third-order valence-corrected chi connectivity index (χ3v) is 8.54. The predicted octanol–water partition coefficient (Wildman–Crippen LogP) is 8.35. The number of nitrogens with one attached hydrogen (secondary N) is 2. The second-order valence-electron chi connectivity index (χ2n) is 13.3. The fraction of sp³-hybridized carbons (Fsp3) is 0.969. The number of ether oxygens (including phenoxy) is 1. The molecule has 1 saturated carbocycles. The van der Waals surface area contributed by atoms with Gasteiger partial charge in [-0.3, -0.25) is 0 Å². The Balaban J connectivity index is 0.000000505. The topological polar surface area (TPSA) is 53.6 Å². The number of nitrogens with zero attached hydrogens (tertiary/aromatic N) is 1. The minimum Gasteiger partial charge on any atom is -0.444 e. The van der Waals surface area contributed by atoms with Crippen LogP contribution in [-0.4, -0.2) is 55.4 Å². The van der Waals surface area contributed by atoms with Crippen LogP contribution in [0, 0.1) is 17.8 Å². The third kappa shape index (κ3) is 15.9. The van der Waals surface area contributed by atoms with Gasteiger partial charge in [0, 0.05) is 19.1 Å². The molecular formula is C32H64ClN3O2. The van der Waals surface area contributed by atoms with Gasteiger partial charge in [0.15, 0.2) is 0 Å². The van der Waals surface area contributed by atoms with Crippen LogP contribution in [0.15, 0.2) is 0 Å². The summed E-state index contributed by atoms with van der Waals surface area (Å²) >= 11 is 0. The maximum absolute atomic E-state index is 12.2. The monoisotopic (exact) mass is 557 g/mol. The summed E-state index contributed by atoms with van der Waals surface area (Å²) in [6.07, 6.45) is 21.4. The number of hydrogen-bond donors (Lipinski definition) is 2. The van der Waals surface area contributed by atoms with Crippen molar-refractivity contribution < 1.29 is 9.53 Å². The van der Waals surface area contributed by atoms with E-state index in [0.717, 1.165) is 24.8 Å². The SMILES string of the molecule is CCCCC[C@@H]1CCCN(CC2CCCCC2NC(=O)OC(C)(C)C)C1.CCCCC[C@@H]1CCCNC1.Cl. The maximum Gasteiger partial charge on any atom is 0.407 e. The highest BCUT2D eigenvalue weighted by molar-refractivity contribution is 5.85. The highest BCUT2D eigenvalue weighted by Gasteiger charge is 2.31. The summed E-state index contributed by atoms with van der Waals surface area (Å²) in [6, 6.07) is 0.277. The summed E-state index contributed by atoms with van der Waals surface area (Å²) in [4.78, 5) is 14.9. The highest BCUT2D eigenvalue weighted by atomic mass is 35.5. The van der Waals surface area contributed by atoms with E-state index in [0.29, 0.717) is 5.92 Å². The number of likely N-dealkylation sites (tertiary alicyclic amines) is 1. The Kier molecular flexibility index (Phi) is 19.0. The van der Waals surface area contributed by atoms with E-state index in [1.165, 1.54) is 122 Å². The van der Waals surface area contributed by atoms with Crippen molar-refractivity contribution in [3.63, 3.8) is 0 Å². The van der Waals surface area contributed by atoms with E-state index >= 15 is 0 Å². The van der Waals surface area contributed by atoms with Crippen LogP contribution in [-0.2, 0) is 4.74 Å². The molecule has 0 aromatic heterocycles. The first-order valence-corrected chi connectivity index (χ1v) is 16.2. The molecule has 226 valence electrons. The van der Waals surface area contributed by atoms with Crippen molar-refractivity contribution in [2.24, 2.45) is 17.8 Å². The van der Waals surface area contributed by atoms with Gasteiger partial charge in [0.05, 0.1) is 0 Å². The van der Waals surface area contributed by atoms with Gasteiger partial charge in [0.1, 0.15) is 5.60 Å². The highest BCUT2D eigenvalue weighted by Crippen LogP contribution is 2.29. The van der Waals surface area contributed by atoms with E-state index in [4.69, 9.17) is 4.74 Å². The minimum absolute atomic E-state index is 0. The number of carbonyl (C=O) groups is 1. The molecule has 3 fully saturated rings. The summed E-state index contributed by atoms with van der Waals surface area (Å²) in [5.74, 6) is 2.46. The minimum atomic E-state index is -0.424. The zero-order chi connectivity index (χ0) is 26.9. The number of piperidine rings is 2. The van der Waals surface area contributed by atoms with Gasteiger partial charge in [-0.25, -0.2) is 4.79 Å². The van der Waals surface area contributed by atoms with E-state index in [9.17, 15) is 4.79 Å².